The summed E-state index contributed by atoms with van der Waals surface area (Å²) in [7, 11) is 0. The zero-order valence-corrected chi connectivity index (χ0v) is 15.4. The van der Waals surface area contributed by atoms with E-state index in [0.29, 0.717) is 27.8 Å². The van der Waals surface area contributed by atoms with Crippen LogP contribution < -0.4 is 10.1 Å². The molecule has 7 heteroatoms. The second-order valence-electron chi connectivity index (χ2n) is 4.95. The molecular weight excluding hydrogens is 414 g/mol. The summed E-state index contributed by atoms with van der Waals surface area (Å²) in [5, 5.41) is 2.51. The molecule has 0 saturated carbocycles. The van der Waals surface area contributed by atoms with E-state index in [-0.39, 0.29) is 5.24 Å². The number of carbonyl (C=O) groups is 2. The van der Waals surface area contributed by atoms with Gasteiger partial charge in [-0.3, -0.25) is 14.9 Å². The molecule has 0 unspecified atom stereocenters. The summed E-state index contributed by atoms with van der Waals surface area (Å²) in [6, 6.07) is 12.9. The number of imide groups is 1. The molecule has 0 aliphatic carbocycles. The second-order valence-corrected chi connectivity index (χ2v) is 7.32. The van der Waals surface area contributed by atoms with Crippen molar-refractivity contribution in [2.45, 2.75) is 6.61 Å². The van der Waals surface area contributed by atoms with Crippen LogP contribution in [0.4, 0.5) is 4.79 Å². The van der Waals surface area contributed by atoms with Crippen LogP contribution in [0.1, 0.15) is 11.1 Å². The molecule has 1 saturated heterocycles. The highest BCUT2D eigenvalue weighted by atomic mass is 79.9. The standard InChI is InChI=1S/C17H11BrClNO3S/c18-12-4-5-14(23-9-10-2-1-3-13(19)6-10)11(7-12)8-15-16(21)20-17(22)24-15/h1-8H,9H2,(H,20,21,22)/b15-8-. The number of amides is 2. The fourth-order valence-corrected chi connectivity index (χ4v) is 3.38. The van der Waals surface area contributed by atoms with Crippen LogP contribution in [0.2, 0.25) is 5.02 Å². The Bertz CT molecular complexity index is 853. The Morgan fingerprint density at radius 2 is 2.04 bits per heavy atom. The highest BCUT2D eigenvalue weighted by Gasteiger charge is 2.25. The van der Waals surface area contributed by atoms with E-state index < -0.39 is 5.91 Å². The summed E-state index contributed by atoms with van der Waals surface area (Å²) < 4.78 is 6.70. The molecule has 3 rings (SSSR count). The van der Waals surface area contributed by atoms with E-state index in [1.807, 2.05) is 30.3 Å². The number of benzene rings is 2. The third kappa shape index (κ3) is 4.20. The van der Waals surface area contributed by atoms with E-state index in [4.69, 9.17) is 16.3 Å². The number of ether oxygens (including phenoxy) is 1. The number of hydrogen-bond donors (Lipinski definition) is 1. The fraction of sp³-hybridized carbons (Fsp3) is 0.0588. The molecule has 0 spiro atoms. The Balaban J connectivity index is 1.84. The molecule has 1 heterocycles. The first kappa shape index (κ1) is 17.1. The van der Waals surface area contributed by atoms with E-state index in [2.05, 4.69) is 21.2 Å². The van der Waals surface area contributed by atoms with Crippen molar-refractivity contribution in [2.24, 2.45) is 0 Å². The molecular formula is C17H11BrClNO3S. The number of thioether (sulfide) groups is 1. The Hall–Kier alpha value is -1.76. The molecule has 4 nitrogen and oxygen atoms in total. The molecule has 0 bridgehead atoms. The van der Waals surface area contributed by atoms with Crippen LogP contribution in [0.3, 0.4) is 0 Å². The number of halogens is 2. The van der Waals surface area contributed by atoms with E-state index in [9.17, 15) is 9.59 Å². The molecule has 1 aliphatic rings. The average molecular weight is 425 g/mol. The van der Waals surface area contributed by atoms with E-state index >= 15 is 0 Å². The van der Waals surface area contributed by atoms with E-state index in [0.717, 1.165) is 21.8 Å². The zero-order valence-electron chi connectivity index (χ0n) is 12.2. The minimum Gasteiger partial charge on any atom is -0.488 e. The monoisotopic (exact) mass is 423 g/mol. The number of rotatable bonds is 4. The lowest BCUT2D eigenvalue weighted by Gasteiger charge is -2.10. The molecule has 24 heavy (non-hydrogen) atoms. The van der Waals surface area contributed by atoms with Gasteiger partial charge in [-0.05, 0) is 53.7 Å². The molecule has 2 aromatic carbocycles. The summed E-state index contributed by atoms with van der Waals surface area (Å²) in [6.45, 7) is 0.344. The third-order valence-electron chi connectivity index (χ3n) is 3.18. The van der Waals surface area contributed by atoms with Gasteiger partial charge in [0.05, 0.1) is 4.91 Å². The summed E-state index contributed by atoms with van der Waals surface area (Å²) in [6.07, 6.45) is 1.64. The van der Waals surface area contributed by atoms with E-state index in [1.54, 1.807) is 18.2 Å². The predicted octanol–water partition coefficient (Wildman–Crippen LogP) is 5.01. The fourth-order valence-electron chi connectivity index (χ4n) is 2.11. The summed E-state index contributed by atoms with van der Waals surface area (Å²) in [5.41, 5.74) is 1.64. The first-order valence-corrected chi connectivity index (χ1v) is 8.92. The Kier molecular flexibility index (Phi) is 5.28. The Labute approximate surface area is 156 Å². The molecule has 2 amide bonds. The van der Waals surface area contributed by atoms with Crippen molar-refractivity contribution in [1.82, 2.24) is 5.32 Å². The van der Waals surface area contributed by atoms with Gasteiger partial charge in [0.15, 0.2) is 0 Å². The average Bonchev–Trinajstić information content (AvgIpc) is 2.84. The third-order valence-corrected chi connectivity index (χ3v) is 4.72. The van der Waals surface area contributed by atoms with Crippen LogP contribution in [0.15, 0.2) is 51.8 Å². The molecule has 2 aromatic rings. The summed E-state index contributed by atoms with van der Waals surface area (Å²) in [5.74, 6) is 0.212. The van der Waals surface area contributed by atoms with Crippen LogP contribution in [0, 0.1) is 0 Å². The predicted molar refractivity (Wildman–Crippen MR) is 99.0 cm³/mol. The van der Waals surface area contributed by atoms with Gasteiger partial charge in [0.1, 0.15) is 12.4 Å². The number of nitrogens with one attached hydrogen (secondary N) is 1. The SMILES string of the molecule is O=C1NC(=O)/C(=C/c2cc(Br)ccc2OCc2cccc(Cl)c2)S1. The van der Waals surface area contributed by atoms with Crippen molar-refractivity contribution in [3.63, 3.8) is 0 Å². The van der Waals surface area contributed by atoms with Gasteiger partial charge in [-0.2, -0.15) is 0 Å². The highest BCUT2D eigenvalue weighted by Crippen LogP contribution is 2.31. The van der Waals surface area contributed by atoms with Gasteiger partial charge in [0.2, 0.25) is 0 Å². The smallest absolute Gasteiger partial charge is 0.290 e. The Morgan fingerprint density at radius 3 is 2.75 bits per heavy atom. The van der Waals surface area contributed by atoms with Gasteiger partial charge in [-0.1, -0.05) is 39.7 Å². The van der Waals surface area contributed by atoms with Crippen molar-refractivity contribution < 1.29 is 14.3 Å². The lowest BCUT2D eigenvalue weighted by Crippen LogP contribution is -2.17. The summed E-state index contributed by atoms with van der Waals surface area (Å²) >= 11 is 10.2. The van der Waals surface area contributed by atoms with Crippen molar-refractivity contribution in [2.75, 3.05) is 0 Å². The zero-order chi connectivity index (χ0) is 17.1. The van der Waals surface area contributed by atoms with Crippen molar-refractivity contribution in [3.8, 4) is 5.75 Å². The van der Waals surface area contributed by atoms with Gasteiger partial charge in [-0.25, -0.2) is 0 Å². The number of carbonyl (C=O) groups excluding carboxylic acids is 2. The van der Waals surface area contributed by atoms with Gasteiger partial charge in [0, 0.05) is 15.1 Å². The Morgan fingerprint density at radius 1 is 1.21 bits per heavy atom. The maximum atomic E-state index is 11.7. The number of hydrogen-bond acceptors (Lipinski definition) is 4. The van der Waals surface area contributed by atoms with E-state index in [1.165, 1.54) is 0 Å². The molecule has 1 N–H and O–H groups in total. The molecule has 0 aromatic heterocycles. The van der Waals surface area contributed by atoms with Crippen LogP contribution in [0.5, 0.6) is 5.75 Å². The summed E-state index contributed by atoms with van der Waals surface area (Å²) in [4.78, 5) is 23.3. The lowest BCUT2D eigenvalue weighted by atomic mass is 10.2. The lowest BCUT2D eigenvalue weighted by molar-refractivity contribution is -0.115. The van der Waals surface area contributed by atoms with Crippen LogP contribution in [-0.2, 0) is 11.4 Å². The maximum Gasteiger partial charge on any atom is 0.290 e. The molecule has 122 valence electrons. The van der Waals surface area contributed by atoms with Crippen molar-refractivity contribution in [3.05, 3.63) is 68.0 Å². The van der Waals surface area contributed by atoms with Crippen LogP contribution in [0.25, 0.3) is 6.08 Å². The van der Waals surface area contributed by atoms with Gasteiger partial charge in [0.25, 0.3) is 11.1 Å². The highest BCUT2D eigenvalue weighted by molar-refractivity contribution is 9.10. The van der Waals surface area contributed by atoms with Gasteiger partial charge in [-0.15, -0.1) is 0 Å². The molecule has 0 radical (unpaired) electrons. The normalized spacial score (nSPS) is 15.7. The van der Waals surface area contributed by atoms with Crippen molar-refractivity contribution >= 4 is 56.5 Å². The molecule has 0 atom stereocenters. The van der Waals surface area contributed by atoms with Gasteiger partial charge >= 0.3 is 0 Å². The maximum absolute atomic E-state index is 11.7. The quantitative estimate of drug-likeness (QED) is 0.701. The first-order chi connectivity index (χ1) is 11.5. The minimum atomic E-state index is -0.397. The minimum absolute atomic E-state index is 0.339. The molecule has 1 aliphatic heterocycles. The topological polar surface area (TPSA) is 55.4 Å². The van der Waals surface area contributed by atoms with Gasteiger partial charge < -0.3 is 4.74 Å². The molecule has 1 fully saturated rings. The largest absolute Gasteiger partial charge is 0.488 e. The second kappa shape index (κ2) is 7.42. The first-order valence-electron chi connectivity index (χ1n) is 6.93. The van der Waals surface area contributed by atoms with Crippen LogP contribution in [-0.4, -0.2) is 11.1 Å². The van der Waals surface area contributed by atoms with Crippen molar-refractivity contribution in [1.29, 1.82) is 0 Å². The van der Waals surface area contributed by atoms with Crippen LogP contribution >= 0.6 is 39.3 Å².